The van der Waals surface area contributed by atoms with Crippen LogP contribution in [0.1, 0.15) is 43.9 Å². The number of hydrogen-bond acceptors (Lipinski definition) is 4. The van der Waals surface area contributed by atoms with Gasteiger partial charge in [0.15, 0.2) is 0 Å². The van der Waals surface area contributed by atoms with E-state index in [1.807, 2.05) is 93.6 Å². The highest BCUT2D eigenvalue weighted by Gasteiger charge is 2.32. The predicted octanol–water partition coefficient (Wildman–Crippen LogP) is 5.87. The highest BCUT2D eigenvalue weighted by atomic mass is 32.2. The third-order valence-electron chi connectivity index (χ3n) is 5.83. The molecule has 3 aromatic rings. The SMILES string of the molecule is COc1cccc(CN(C(=O)CCSCc2ccccc2)[C@H](Cc2ccccc2)C(=O)NC(C)(C)C)c1. The van der Waals surface area contributed by atoms with Crippen LogP contribution in [-0.4, -0.2) is 41.2 Å². The van der Waals surface area contributed by atoms with Gasteiger partial charge in [0.25, 0.3) is 0 Å². The van der Waals surface area contributed by atoms with Crippen molar-refractivity contribution in [3.8, 4) is 5.75 Å². The number of amides is 2. The summed E-state index contributed by atoms with van der Waals surface area (Å²) in [6.07, 6.45) is 0.797. The second kappa shape index (κ2) is 13.9. The van der Waals surface area contributed by atoms with Gasteiger partial charge in [0.05, 0.1) is 7.11 Å². The average molecular weight is 519 g/mol. The van der Waals surface area contributed by atoms with Crippen LogP contribution in [0.3, 0.4) is 0 Å². The van der Waals surface area contributed by atoms with Crippen molar-refractivity contribution in [3.63, 3.8) is 0 Å². The van der Waals surface area contributed by atoms with Crippen molar-refractivity contribution in [1.82, 2.24) is 10.2 Å². The summed E-state index contributed by atoms with van der Waals surface area (Å²) in [5, 5.41) is 3.11. The number of methoxy groups -OCH3 is 1. The molecule has 2 amide bonds. The quantitative estimate of drug-likeness (QED) is 0.305. The fraction of sp³-hybridized carbons (Fsp3) is 0.355. The summed E-state index contributed by atoms with van der Waals surface area (Å²) >= 11 is 1.73. The van der Waals surface area contributed by atoms with Crippen LogP contribution in [0.2, 0.25) is 0 Å². The fourth-order valence-corrected chi connectivity index (χ4v) is 4.93. The summed E-state index contributed by atoms with van der Waals surface area (Å²) in [4.78, 5) is 29.1. The molecule has 1 atom stereocenters. The largest absolute Gasteiger partial charge is 0.497 e. The zero-order valence-corrected chi connectivity index (χ0v) is 23.1. The second-order valence-corrected chi connectivity index (χ2v) is 11.2. The van der Waals surface area contributed by atoms with Crippen LogP contribution in [0.5, 0.6) is 5.75 Å². The molecule has 0 fully saturated rings. The number of rotatable bonds is 12. The Balaban J connectivity index is 1.84. The van der Waals surface area contributed by atoms with Gasteiger partial charge in [0, 0.05) is 36.4 Å². The van der Waals surface area contributed by atoms with Gasteiger partial charge in [0.1, 0.15) is 11.8 Å². The first kappa shape index (κ1) is 28.3. The number of ether oxygens (including phenoxy) is 1. The van der Waals surface area contributed by atoms with Crippen molar-refractivity contribution in [3.05, 3.63) is 102 Å². The van der Waals surface area contributed by atoms with Gasteiger partial charge >= 0.3 is 0 Å². The van der Waals surface area contributed by atoms with E-state index in [2.05, 4.69) is 17.4 Å². The Labute approximate surface area is 225 Å². The van der Waals surface area contributed by atoms with Crippen molar-refractivity contribution in [2.24, 2.45) is 0 Å². The monoisotopic (exact) mass is 518 g/mol. The first-order valence-electron chi connectivity index (χ1n) is 12.6. The molecule has 5 nitrogen and oxygen atoms in total. The summed E-state index contributed by atoms with van der Waals surface area (Å²) in [6.45, 7) is 6.20. The number of nitrogens with zero attached hydrogens (tertiary/aromatic N) is 1. The molecule has 0 aliphatic rings. The summed E-state index contributed by atoms with van der Waals surface area (Å²) in [6, 6.07) is 27.2. The number of hydrogen-bond donors (Lipinski definition) is 1. The van der Waals surface area contributed by atoms with Gasteiger partial charge in [-0.1, -0.05) is 72.8 Å². The molecule has 0 spiro atoms. The Morgan fingerprint density at radius 1 is 0.892 bits per heavy atom. The lowest BCUT2D eigenvalue weighted by Gasteiger charge is -2.34. The molecular formula is C31H38N2O3S. The molecule has 3 aromatic carbocycles. The van der Waals surface area contributed by atoms with Crippen LogP contribution in [0.4, 0.5) is 0 Å². The summed E-state index contributed by atoms with van der Waals surface area (Å²) in [7, 11) is 1.63. The molecule has 0 aromatic heterocycles. The molecule has 3 rings (SSSR count). The second-order valence-electron chi connectivity index (χ2n) is 10.1. The van der Waals surface area contributed by atoms with Gasteiger partial charge in [0.2, 0.25) is 11.8 Å². The van der Waals surface area contributed by atoms with Crippen molar-refractivity contribution < 1.29 is 14.3 Å². The molecule has 0 aliphatic heterocycles. The molecule has 0 aliphatic carbocycles. The first-order valence-corrected chi connectivity index (χ1v) is 13.8. The minimum atomic E-state index is -0.639. The van der Waals surface area contributed by atoms with E-state index in [0.29, 0.717) is 25.1 Å². The van der Waals surface area contributed by atoms with E-state index >= 15 is 0 Å². The lowest BCUT2D eigenvalue weighted by atomic mass is 10.0. The molecule has 0 saturated carbocycles. The first-order chi connectivity index (χ1) is 17.7. The van der Waals surface area contributed by atoms with Gasteiger partial charge in [-0.3, -0.25) is 9.59 Å². The van der Waals surface area contributed by atoms with E-state index in [1.165, 1.54) is 5.56 Å². The maximum atomic E-state index is 13.7. The lowest BCUT2D eigenvalue weighted by Crippen LogP contribution is -2.54. The van der Waals surface area contributed by atoms with E-state index in [-0.39, 0.29) is 11.8 Å². The van der Waals surface area contributed by atoms with Crippen LogP contribution >= 0.6 is 11.8 Å². The van der Waals surface area contributed by atoms with E-state index in [1.54, 1.807) is 23.8 Å². The van der Waals surface area contributed by atoms with Crippen molar-refractivity contribution in [2.45, 2.75) is 57.5 Å². The summed E-state index contributed by atoms with van der Waals surface area (Å²) in [5.74, 6) is 2.07. The molecule has 6 heteroatoms. The van der Waals surface area contributed by atoms with Gasteiger partial charge in [-0.25, -0.2) is 0 Å². The average Bonchev–Trinajstić information content (AvgIpc) is 2.89. The van der Waals surface area contributed by atoms with E-state index in [0.717, 1.165) is 22.6 Å². The van der Waals surface area contributed by atoms with Crippen molar-refractivity contribution in [1.29, 1.82) is 0 Å². The molecule has 1 N–H and O–H groups in total. The van der Waals surface area contributed by atoms with E-state index < -0.39 is 11.6 Å². The number of carbonyl (C=O) groups excluding carboxylic acids is 2. The van der Waals surface area contributed by atoms with Crippen LogP contribution in [0.15, 0.2) is 84.9 Å². The number of nitrogens with one attached hydrogen (secondary N) is 1. The summed E-state index contributed by atoms with van der Waals surface area (Å²) in [5.41, 5.74) is 2.76. The molecule has 0 saturated heterocycles. The number of carbonyl (C=O) groups is 2. The third-order valence-corrected chi connectivity index (χ3v) is 6.86. The number of thioether (sulfide) groups is 1. The van der Waals surface area contributed by atoms with E-state index in [9.17, 15) is 9.59 Å². The predicted molar refractivity (Wildman–Crippen MR) is 153 cm³/mol. The standard InChI is InChI=1S/C31H38N2O3S/c1-31(2,3)32-30(35)28(21-24-12-7-5-8-13-24)33(22-26-16-11-17-27(20-26)36-4)29(34)18-19-37-23-25-14-9-6-10-15-25/h5-17,20,28H,18-19,21-23H2,1-4H3,(H,32,35)/t28-/m1/s1. The Kier molecular flexibility index (Phi) is 10.6. The Morgan fingerprint density at radius 3 is 2.14 bits per heavy atom. The van der Waals surface area contributed by atoms with Crippen molar-refractivity contribution >= 4 is 23.6 Å². The van der Waals surface area contributed by atoms with Crippen LogP contribution in [0, 0.1) is 0 Å². The van der Waals surface area contributed by atoms with E-state index in [4.69, 9.17) is 4.74 Å². The third kappa shape index (κ3) is 9.62. The van der Waals surface area contributed by atoms with Gasteiger partial charge < -0.3 is 15.0 Å². The zero-order chi connectivity index (χ0) is 26.7. The molecule has 37 heavy (non-hydrogen) atoms. The fourth-order valence-electron chi connectivity index (χ4n) is 4.04. The topological polar surface area (TPSA) is 58.6 Å². The molecule has 0 radical (unpaired) electrons. The maximum Gasteiger partial charge on any atom is 0.243 e. The molecule has 0 bridgehead atoms. The zero-order valence-electron chi connectivity index (χ0n) is 22.3. The Bertz CT molecular complexity index is 1130. The highest BCUT2D eigenvalue weighted by Crippen LogP contribution is 2.21. The summed E-state index contributed by atoms with van der Waals surface area (Å²) < 4.78 is 5.40. The number of benzene rings is 3. The van der Waals surface area contributed by atoms with Gasteiger partial charge in [-0.05, 0) is 49.6 Å². The van der Waals surface area contributed by atoms with Crippen LogP contribution in [-0.2, 0) is 28.3 Å². The Hall–Kier alpha value is -3.25. The Morgan fingerprint density at radius 2 is 1.51 bits per heavy atom. The molecule has 0 unspecified atom stereocenters. The lowest BCUT2D eigenvalue weighted by molar-refractivity contribution is -0.141. The maximum absolute atomic E-state index is 13.7. The van der Waals surface area contributed by atoms with Crippen LogP contribution < -0.4 is 10.1 Å². The molecule has 0 heterocycles. The molecular weight excluding hydrogens is 480 g/mol. The minimum Gasteiger partial charge on any atom is -0.497 e. The highest BCUT2D eigenvalue weighted by molar-refractivity contribution is 7.98. The minimum absolute atomic E-state index is 0.0339. The van der Waals surface area contributed by atoms with Gasteiger partial charge in [-0.2, -0.15) is 11.8 Å². The normalized spacial score (nSPS) is 12.0. The molecule has 196 valence electrons. The van der Waals surface area contributed by atoms with Crippen LogP contribution in [0.25, 0.3) is 0 Å². The van der Waals surface area contributed by atoms with Gasteiger partial charge in [-0.15, -0.1) is 0 Å². The smallest absolute Gasteiger partial charge is 0.243 e. The van der Waals surface area contributed by atoms with Crippen molar-refractivity contribution in [2.75, 3.05) is 12.9 Å².